The Hall–Kier alpha value is -3.67. The van der Waals surface area contributed by atoms with E-state index in [1.54, 1.807) is 19.2 Å². The van der Waals surface area contributed by atoms with E-state index in [2.05, 4.69) is 25.1 Å². The van der Waals surface area contributed by atoms with Crippen LogP contribution in [0, 0.1) is 11.2 Å². The highest BCUT2D eigenvalue weighted by Crippen LogP contribution is 2.48. The number of methoxy groups -OCH3 is 1. The zero-order valence-corrected chi connectivity index (χ0v) is 19.6. The van der Waals surface area contributed by atoms with Crippen LogP contribution < -0.4 is 4.74 Å². The SMILES string of the molecule is COc1ccc(F)c(-c2noc(/C=C\c3cccc(CCC(=O)O)c3)c2C2=CCCC2(C)C)c1. The van der Waals surface area contributed by atoms with Crippen molar-refractivity contribution in [2.24, 2.45) is 5.41 Å². The number of carboxylic acids is 1. The fourth-order valence-electron chi connectivity index (χ4n) is 4.38. The molecule has 34 heavy (non-hydrogen) atoms. The first kappa shape index (κ1) is 23.5. The maximum atomic E-state index is 14.9. The molecule has 0 spiro atoms. The first-order valence-electron chi connectivity index (χ1n) is 11.3. The van der Waals surface area contributed by atoms with Gasteiger partial charge in [-0.25, -0.2) is 4.39 Å². The molecule has 0 saturated heterocycles. The van der Waals surface area contributed by atoms with Crippen LogP contribution in [0.5, 0.6) is 5.75 Å². The van der Waals surface area contributed by atoms with Gasteiger partial charge in [-0.3, -0.25) is 4.79 Å². The van der Waals surface area contributed by atoms with Crippen LogP contribution in [0.15, 0.2) is 53.1 Å². The summed E-state index contributed by atoms with van der Waals surface area (Å²) >= 11 is 0. The van der Waals surface area contributed by atoms with E-state index in [1.807, 2.05) is 36.4 Å². The Labute approximate surface area is 198 Å². The highest BCUT2D eigenvalue weighted by atomic mass is 19.1. The Bertz CT molecular complexity index is 1270. The average Bonchev–Trinajstić information content (AvgIpc) is 3.38. The van der Waals surface area contributed by atoms with Gasteiger partial charge in [-0.2, -0.15) is 0 Å². The average molecular weight is 462 g/mol. The molecule has 6 heteroatoms. The lowest BCUT2D eigenvalue weighted by atomic mass is 9.80. The maximum Gasteiger partial charge on any atom is 0.303 e. The fourth-order valence-corrected chi connectivity index (χ4v) is 4.38. The van der Waals surface area contributed by atoms with Crippen LogP contribution in [0.2, 0.25) is 0 Å². The molecule has 0 bridgehead atoms. The summed E-state index contributed by atoms with van der Waals surface area (Å²) in [5.74, 6) is -0.125. The minimum atomic E-state index is -0.822. The van der Waals surface area contributed by atoms with Crippen molar-refractivity contribution in [3.8, 4) is 17.0 Å². The number of benzene rings is 2. The lowest BCUT2D eigenvalue weighted by molar-refractivity contribution is -0.136. The molecule has 5 nitrogen and oxygen atoms in total. The third-order valence-corrected chi connectivity index (χ3v) is 6.27. The molecular formula is C28H28FNO4. The standard InChI is InChI=1S/C28H28FNO4/c1-28(2)15-5-8-22(28)26-24(13-9-18-6-4-7-19(16-18)10-14-25(31)32)34-30-27(26)21-17-20(33-3)11-12-23(21)29/h4,6-9,11-13,16-17H,5,10,14-15H2,1-3H3,(H,31,32)/b13-9-. The zero-order valence-electron chi connectivity index (χ0n) is 19.6. The van der Waals surface area contributed by atoms with Crippen molar-refractivity contribution >= 4 is 23.7 Å². The number of aromatic nitrogens is 1. The van der Waals surface area contributed by atoms with Gasteiger partial charge in [-0.1, -0.05) is 55.4 Å². The predicted octanol–water partition coefficient (Wildman–Crippen LogP) is 6.88. The van der Waals surface area contributed by atoms with Gasteiger partial charge in [0.15, 0.2) is 5.76 Å². The molecule has 0 atom stereocenters. The van der Waals surface area contributed by atoms with E-state index >= 15 is 0 Å². The molecule has 2 aromatic carbocycles. The minimum Gasteiger partial charge on any atom is -0.497 e. The van der Waals surface area contributed by atoms with Crippen LogP contribution in [0.1, 0.15) is 55.6 Å². The van der Waals surface area contributed by atoms with Gasteiger partial charge in [0.2, 0.25) is 0 Å². The van der Waals surface area contributed by atoms with Crippen molar-refractivity contribution in [2.45, 2.75) is 39.5 Å². The molecule has 0 fully saturated rings. The number of allylic oxidation sites excluding steroid dienone is 2. The molecule has 0 amide bonds. The Kier molecular flexibility index (Phi) is 6.68. The first-order valence-corrected chi connectivity index (χ1v) is 11.3. The summed E-state index contributed by atoms with van der Waals surface area (Å²) in [6.45, 7) is 4.34. The third-order valence-electron chi connectivity index (χ3n) is 6.27. The van der Waals surface area contributed by atoms with Crippen LogP contribution >= 0.6 is 0 Å². The van der Waals surface area contributed by atoms with Crippen molar-refractivity contribution in [3.05, 3.63) is 76.8 Å². The summed E-state index contributed by atoms with van der Waals surface area (Å²) in [7, 11) is 1.54. The Balaban J connectivity index is 1.76. The summed E-state index contributed by atoms with van der Waals surface area (Å²) in [5, 5.41) is 13.2. The van der Waals surface area contributed by atoms with Crippen molar-refractivity contribution < 1.29 is 23.6 Å². The second-order valence-corrected chi connectivity index (χ2v) is 9.13. The molecule has 1 heterocycles. The van der Waals surface area contributed by atoms with Crippen molar-refractivity contribution in [1.82, 2.24) is 5.16 Å². The van der Waals surface area contributed by atoms with Crippen molar-refractivity contribution in [3.63, 3.8) is 0 Å². The summed E-state index contributed by atoms with van der Waals surface area (Å²) in [5.41, 5.74) is 4.41. The number of halogens is 1. The largest absolute Gasteiger partial charge is 0.497 e. The maximum absolute atomic E-state index is 14.9. The number of aliphatic carboxylic acids is 1. The number of carbonyl (C=O) groups is 1. The van der Waals surface area contributed by atoms with Gasteiger partial charge in [-0.15, -0.1) is 0 Å². The highest BCUT2D eigenvalue weighted by Gasteiger charge is 2.34. The molecule has 1 aliphatic carbocycles. The molecular weight excluding hydrogens is 433 g/mol. The number of carboxylic acid groups (broad SMARTS) is 1. The summed E-state index contributed by atoms with van der Waals surface area (Å²) in [4.78, 5) is 10.9. The van der Waals surface area contributed by atoms with Gasteiger partial charge in [-0.05, 0) is 65.7 Å². The van der Waals surface area contributed by atoms with Crippen molar-refractivity contribution in [2.75, 3.05) is 7.11 Å². The lowest BCUT2D eigenvalue weighted by Crippen LogP contribution is -2.10. The molecule has 0 unspecified atom stereocenters. The van der Waals surface area contributed by atoms with E-state index in [1.165, 1.54) is 6.07 Å². The molecule has 4 rings (SSSR count). The number of rotatable bonds is 8. The molecule has 1 aromatic heterocycles. The van der Waals surface area contributed by atoms with Crippen LogP contribution in [-0.2, 0) is 11.2 Å². The van der Waals surface area contributed by atoms with E-state index in [4.69, 9.17) is 14.4 Å². The van der Waals surface area contributed by atoms with Crippen LogP contribution in [0.3, 0.4) is 0 Å². The van der Waals surface area contributed by atoms with Gasteiger partial charge < -0.3 is 14.4 Å². The molecule has 0 aliphatic heterocycles. The summed E-state index contributed by atoms with van der Waals surface area (Å²) in [6, 6.07) is 12.3. The molecule has 176 valence electrons. The molecule has 1 N–H and O–H groups in total. The molecule has 1 aliphatic rings. The zero-order chi connectivity index (χ0) is 24.3. The van der Waals surface area contributed by atoms with E-state index in [-0.39, 0.29) is 11.8 Å². The minimum absolute atomic E-state index is 0.0815. The summed E-state index contributed by atoms with van der Waals surface area (Å²) < 4.78 is 25.9. The van der Waals surface area contributed by atoms with Gasteiger partial charge in [0, 0.05) is 12.0 Å². The smallest absolute Gasteiger partial charge is 0.303 e. The number of hydrogen-bond donors (Lipinski definition) is 1. The Morgan fingerprint density at radius 1 is 1.24 bits per heavy atom. The number of hydrogen-bond acceptors (Lipinski definition) is 4. The van der Waals surface area contributed by atoms with Gasteiger partial charge in [0.05, 0.1) is 12.7 Å². The second-order valence-electron chi connectivity index (χ2n) is 9.13. The fraction of sp³-hybridized carbons (Fsp3) is 0.286. The van der Waals surface area contributed by atoms with E-state index in [0.717, 1.165) is 35.1 Å². The normalized spacial score (nSPS) is 15.0. The topological polar surface area (TPSA) is 72.6 Å². The van der Waals surface area contributed by atoms with Crippen molar-refractivity contribution in [1.29, 1.82) is 0 Å². The Morgan fingerprint density at radius 2 is 2.06 bits per heavy atom. The third kappa shape index (κ3) is 4.96. The first-order chi connectivity index (χ1) is 16.3. The van der Waals surface area contributed by atoms with E-state index in [0.29, 0.717) is 29.2 Å². The number of ether oxygens (including phenoxy) is 1. The molecule has 0 radical (unpaired) electrons. The van der Waals surface area contributed by atoms with Crippen LogP contribution in [0.25, 0.3) is 29.0 Å². The predicted molar refractivity (Wildman–Crippen MR) is 131 cm³/mol. The van der Waals surface area contributed by atoms with E-state index < -0.39 is 11.8 Å². The number of aryl methyl sites for hydroxylation is 1. The molecule has 3 aromatic rings. The monoisotopic (exact) mass is 461 g/mol. The highest BCUT2D eigenvalue weighted by molar-refractivity contribution is 5.88. The Morgan fingerprint density at radius 3 is 2.76 bits per heavy atom. The van der Waals surface area contributed by atoms with Gasteiger partial charge in [0.25, 0.3) is 0 Å². The van der Waals surface area contributed by atoms with Crippen LogP contribution in [-0.4, -0.2) is 23.3 Å². The van der Waals surface area contributed by atoms with Gasteiger partial charge >= 0.3 is 5.97 Å². The van der Waals surface area contributed by atoms with Gasteiger partial charge in [0.1, 0.15) is 17.3 Å². The quantitative estimate of drug-likeness (QED) is 0.396. The number of nitrogens with zero attached hydrogens (tertiary/aromatic N) is 1. The van der Waals surface area contributed by atoms with E-state index in [9.17, 15) is 9.18 Å². The summed E-state index contributed by atoms with van der Waals surface area (Å²) in [6.07, 6.45) is 8.39. The molecule has 0 saturated carbocycles. The van der Waals surface area contributed by atoms with Crippen LogP contribution in [0.4, 0.5) is 4.39 Å². The lowest BCUT2D eigenvalue weighted by Gasteiger charge is -2.22. The second kappa shape index (κ2) is 9.67.